The van der Waals surface area contributed by atoms with Crippen LogP contribution >= 0.6 is 0 Å². The summed E-state index contributed by atoms with van der Waals surface area (Å²) in [7, 11) is 0. The van der Waals surface area contributed by atoms with E-state index in [0.29, 0.717) is 17.7 Å². The number of anilines is 1. The van der Waals surface area contributed by atoms with Gasteiger partial charge in [-0.3, -0.25) is 20.2 Å². The van der Waals surface area contributed by atoms with E-state index in [-0.39, 0.29) is 12.3 Å². The summed E-state index contributed by atoms with van der Waals surface area (Å²) in [6.45, 7) is 7.25. The number of carbonyl (C=O) groups excluding carboxylic acids is 2. The molecular weight excluding hydrogens is 388 g/mol. The van der Waals surface area contributed by atoms with E-state index in [9.17, 15) is 19.7 Å². The predicted molar refractivity (Wildman–Crippen MR) is 112 cm³/mol. The van der Waals surface area contributed by atoms with Crippen LogP contribution in [0.25, 0.3) is 0 Å². The van der Waals surface area contributed by atoms with Crippen molar-refractivity contribution >= 4 is 23.4 Å². The number of amides is 1. The molecule has 1 amide bonds. The second-order valence-corrected chi connectivity index (χ2v) is 7.68. The first-order chi connectivity index (χ1) is 14.1. The molecular formula is C22H26N2O6. The molecule has 0 fully saturated rings. The third-order valence-electron chi connectivity index (χ3n) is 4.09. The van der Waals surface area contributed by atoms with Crippen LogP contribution in [0.1, 0.15) is 44.7 Å². The van der Waals surface area contributed by atoms with Gasteiger partial charge in [-0.2, -0.15) is 0 Å². The molecule has 1 atom stereocenters. The highest BCUT2D eigenvalue weighted by Gasteiger charge is 2.24. The molecule has 2 aromatic carbocycles. The molecule has 2 aromatic rings. The number of non-ortho nitro benzene ring substituents is 1. The van der Waals surface area contributed by atoms with Crippen molar-refractivity contribution in [3.8, 4) is 0 Å². The first-order valence-electron chi connectivity index (χ1n) is 9.59. The molecule has 160 valence electrons. The van der Waals surface area contributed by atoms with Gasteiger partial charge in [0.15, 0.2) is 0 Å². The summed E-state index contributed by atoms with van der Waals surface area (Å²) >= 11 is 0. The molecule has 0 aliphatic rings. The molecule has 8 nitrogen and oxygen atoms in total. The lowest BCUT2D eigenvalue weighted by Crippen LogP contribution is -2.27. The van der Waals surface area contributed by atoms with E-state index >= 15 is 0 Å². The summed E-state index contributed by atoms with van der Waals surface area (Å²) < 4.78 is 10.5. The van der Waals surface area contributed by atoms with E-state index in [2.05, 4.69) is 5.32 Å². The van der Waals surface area contributed by atoms with Crippen LogP contribution in [0.5, 0.6) is 0 Å². The maximum absolute atomic E-state index is 12.6. The Kier molecular flexibility index (Phi) is 7.52. The Balaban J connectivity index is 2.25. The molecule has 0 aromatic heterocycles. The zero-order chi connectivity index (χ0) is 22.3. The molecule has 0 bridgehead atoms. The van der Waals surface area contributed by atoms with Crippen molar-refractivity contribution in [1.82, 2.24) is 0 Å². The number of hydrogen-bond donors (Lipinski definition) is 1. The third kappa shape index (κ3) is 6.88. The van der Waals surface area contributed by atoms with Crippen molar-refractivity contribution in [3.63, 3.8) is 0 Å². The number of nitrogens with zero attached hydrogens (tertiary/aromatic N) is 1. The molecule has 0 spiro atoms. The van der Waals surface area contributed by atoms with E-state index in [0.717, 1.165) is 5.56 Å². The van der Waals surface area contributed by atoms with Crippen molar-refractivity contribution < 1.29 is 24.0 Å². The quantitative estimate of drug-likeness (QED) is 0.395. The smallest absolute Gasteiger partial charge is 0.412 e. The SMILES string of the molecule is CCOC(=O)C(Cc1ccc([N+](=O)[O-])cc1)c1cccc(NC(=O)OC(C)(C)C)c1. The number of hydrogen-bond acceptors (Lipinski definition) is 6. The predicted octanol–water partition coefficient (Wildman–Crippen LogP) is 4.83. The molecule has 0 radical (unpaired) electrons. The van der Waals surface area contributed by atoms with Crippen LogP contribution in [0.2, 0.25) is 0 Å². The van der Waals surface area contributed by atoms with E-state index in [1.807, 2.05) is 0 Å². The van der Waals surface area contributed by atoms with Gasteiger partial charge in [-0.1, -0.05) is 24.3 Å². The van der Waals surface area contributed by atoms with E-state index in [1.165, 1.54) is 12.1 Å². The Morgan fingerprint density at radius 2 is 1.80 bits per heavy atom. The molecule has 30 heavy (non-hydrogen) atoms. The molecule has 2 rings (SSSR count). The maximum atomic E-state index is 12.6. The second-order valence-electron chi connectivity index (χ2n) is 7.68. The highest BCUT2D eigenvalue weighted by molar-refractivity contribution is 5.85. The number of nitro benzene ring substituents is 1. The molecule has 0 aliphatic carbocycles. The Morgan fingerprint density at radius 3 is 2.37 bits per heavy atom. The van der Waals surface area contributed by atoms with Gasteiger partial charge in [0.2, 0.25) is 0 Å². The van der Waals surface area contributed by atoms with Gasteiger partial charge in [0.25, 0.3) is 5.69 Å². The van der Waals surface area contributed by atoms with Crippen molar-refractivity contribution in [2.45, 2.75) is 45.6 Å². The van der Waals surface area contributed by atoms with Gasteiger partial charge >= 0.3 is 12.1 Å². The third-order valence-corrected chi connectivity index (χ3v) is 4.09. The number of nitro groups is 1. The Hall–Kier alpha value is -3.42. The zero-order valence-electron chi connectivity index (χ0n) is 17.5. The fourth-order valence-electron chi connectivity index (χ4n) is 2.82. The topological polar surface area (TPSA) is 108 Å². The molecule has 0 aliphatic heterocycles. The molecule has 1 N–H and O–H groups in total. The fourth-order valence-corrected chi connectivity index (χ4v) is 2.82. The van der Waals surface area contributed by atoms with Crippen LogP contribution in [0.3, 0.4) is 0 Å². The monoisotopic (exact) mass is 414 g/mol. The van der Waals surface area contributed by atoms with Gasteiger partial charge in [0.05, 0.1) is 17.4 Å². The summed E-state index contributed by atoms with van der Waals surface area (Å²) in [5.74, 6) is -1.04. The number of ether oxygens (including phenoxy) is 2. The van der Waals surface area contributed by atoms with Crippen molar-refractivity contribution in [3.05, 3.63) is 69.8 Å². The summed E-state index contributed by atoms with van der Waals surface area (Å²) in [5, 5.41) is 13.5. The average molecular weight is 414 g/mol. The molecule has 0 saturated carbocycles. The minimum Gasteiger partial charge on any atom is -0.466 e. The Bertz CT molecular complexity index is 903. The van der Waals surface area contributed by atoms with Gasteiger partial charge in [-0.05, 0) is 57.4 Å². The first-order valence-corrected chi connectivity index (χ1v) is 9.59. The standard InChI is InChI=1S/C22H26N2O6/c1-5-29-20(25)19(13-15-9-11-18(12-10-15)24(27)28)16-7-6-8-17(14-16)23-21(26)30-22(2,3)4/h6-12,14,19H,5,13H2,1-4H3,(H,23,26). The Morgan fingerprint density at radius 1 is 1.13 bits per heavy atom. The Labute approximate surface area is 175 Å². The van der Waals surface area contributed by atoms with E-state index in [4.69, 9.17) is 9.47 Å². The number of benzene rings is 2. The van der Waals surface area contributed by atoms with Crippen LogP contribution in [-0.4, -0.2) is 29.2 Å². The van der Waals surface area contributed by atoms with Crippen molar-refractivity contribution in [1.29, 1.82) is 0 Å². The fraction of sp³-hybridized carbons (Fsp3) is 0.364. The van der Waals surface area contributed by atoms with Gasteiger partial charge in [-0.25, -0.2) is 4.79 Å². The van der Waals surface area contributed by atoms with Crippen LogP contribution in [-0.2, 0) is 20.7 Å². The molecule has 8 heteroatoms. The van der Waals surface area contributed by atoms with Crippen LogP contribution in [0.15, 0.2) is 48.5 Å². The molecule has 1 unspecified atom stereocenters. The highest BCUT2D eigenvalue weighted by Crippen LogP contribution is 2.26. The van der Waals surface area contributed by atoms with Gasteiger partial charge in [-0.15, -0.1) is 0 Å². The normalized spacial score (nSPS) is 12.0. The second kappa shape index (κ2) is 9.87. The van der Waals surface area contributed by atoms with Gasteiger partial charge < -0.3 is 9.47 Å². The average Bonchev–Trinajstić information content (AvgIpc) is 2.65. The van der Waals surface area contributed by atoms with Gasteiger partial charge in [0, 0.05) is 17.8 Å². The number of carbonyl (C=O) groups is 2. The summed E-state index contributed by atoms with van der Waals surface area (Å²) in [6.07, 6.45) is -0.296. The number of rotatable bonds is 7. The van der Waals surface area contributed by atoms with E-state index in [1.54, 1.807) is 64.1 Å². The lowest BCUT2D eigenvalue weighted by molar-refractivity contribution is -0.384. The lowest BCUT2D eigenvalue weighted by Gasteiger charge is -2.20. The number of esters is 1. The lowest BCUT2D eigenvalue weighted by atomic mass is 9.91. The molecule has 0 heterocycles. The first kappa shape index (κ1) is 22.9. The largest absolute Gasteiger partial charge is 0.466 e. The van der Waals surface area contributed by atoms with E-state index < -0.39 is 28.5 Å². The number of nitrogens with one attached hydrogen (secondary N) is 1. The van der Waals surface area contributed by atoms with Crippen molar-refractivity contribution in [2.75, 3.05) is 11.9 Å². The van der Waals surface area contributed by atoms with Crippen LogP contribution < -0.4 is 5.32 Å². The highest BCUT2D eigenvalue weighted by atomic mass is 16.6. The minimum atomic E-state index is -0.634. The maximum Gasteiger partial charge on any atom is 0.412 e. The van der Waals surface area contributed by atoms with Crippen LogP contribution in [0, 0.1) is 10.1 Å². The zero-order valence-corrected chi connectivity index (χ0v) is 17.5. The summed E-state index contributed by atoms with van der Waals surface area (Å²) in [5.41, 5.74) is 1.24. The van der Waals surface area contributed by atoms with Crippen LogP contribution in [0.4, 0.5) is 16.2 Å². The molecule has 0 saturated heterocycles. The van der Waals surface area contributed by atoms with Gasteiger partial charge in [0.1, 0.15) is 5.60 Å². The minimum absolute atomic E-state index is 0.0185. The summed E-state index contributed by atoms with van der Waals surface area (Å²) in [4.78, 5) is 35.0. The summed E-state index contributed by atoms with van der Waals surface area (Å²) in [6, 6.07) is 12.9. The van der Waals surface area contributed by atoms with Crippen molar-refractivity contribution in [2.24, 2.45) is 0 Å².